The Balaban J connectivity index is 2.65. The molecule has 1 N–H and O–H groups in total. The van der Waals surface area contributed by atoms with E-state index in [0.29, 0.717) is 6.42 Å². The molecule has 0 amide bonds. The molecule has 12 heavy (non-hydrogen) atoms. The molecule has 0 saturated carbocycles. The first-order valence-electron chi connectivity index (χ1n) is 3.90. The van der Waals surface area contributed by atoms with Gasteiger partial charge in [-0.25, -0.2) is 0 Å². The molecule has 0 fully saturated rings. The molecule has 0 aliphatic rings. The molecule has 0 spiro atoms. The molecule has 2 aromatic rings. The van der Waals surface area contributed by atoms with Crippen LogP contribution >= 0.6 is 0 Å². The van der Waals surface area contributed by atoms with Crippen LogP contribution in [-0.4, -0.2) is 11.3 Å². The third-order valence-electron chi connectivity index (χ3n) is 1.98. The SMILES string of the molecule is O=CCc1cccc2cc[nH]c12. The highest BCUT2D eigenvalue weighted by Gasteiger charge is 1.99. The van der Waals surface area contributed by atoms with Gasteiger partial charge in [-0.3, -0.25) is 0 Å². The molecular formula is C10H9NO. The number of H-pyrrole nitrogens is 1. The fourth-order valence-electron chi connectivity index (χ4n) is 1.41. The van der Waals surface area contributed by atoms with Crippen LogP contribution in [0.3, 0.4) is 0 Å². The van der Waals surface area contributed by atoms with E-state index in [4.69, 9.17) is 0 Å². The van der Waals surface area contributed by atoms with Gasteiger partial charge in [0.25, 0.3) is 0 Å². The maximum atomic E-state index is 10.3. The normalized spacial score (nSPS) is 10.3. The van der Waals surface area contributed by atoms with Crippen LogP contribution in [0.4, 0.5) is 0 Å². The predicted molar refractivity (Wildman–Crippen MR) is 48.1 cm³/mol. The van der Waals surface area contributed by atoms with E-state index in [1.807, 2.05) is 30.5 Å². The maximum Gasteiger partial charge on any atom is 0.124 e. The molecule has 2 heteroatoms. The molecule has 1 aromatic carbocycles. The van der Waals surface area contributed by atoms with Crippen molar-refractivity contribution in [3.63, 3.8) is 0 Å². The molecule has 2 nitrogen and oxygen atoms in total. The minimum absolute atomic E-state index is 0.484. The van der Waals surface area contributed by atoms with Gasteiger partial charge in [-0.05, 0) is 17.0 Å². The minimum atomic E-state index is 0.484. The number of aldehydes is 1. The first-order chi connectivity index (χ1) is 5.92. The lowest BCUT2D eigenvalue weighted by Gasteiger charge is -1.96. The van der Waals surface area contributed by atoms with Crippen molar-refractivity contribution in [3.8, 4) is 0 Å². The highest BCUT2D eigenvalue weighted by molar-refractivity contribution is 5.84. The van der Waals surface area contributed by atoms with Crippen molar-refractivity contribution in [1.29, 1.82) is 0 Å². The maximum absolute atomic E-state index is 10.3. The topological polar surface area (TPSA) is 32.9 Å². The quantitative estimate of drug-likeness (QED) is 0.667. The van der Waals surface area contributed by atoms with E-state index in [1.54, 1.807) is 0 Å². The first kappa shape index (κ1) is 7.10. The van der Waals surface area contributed by atoms with Crippen LogP contribution in [0, 0.1) is 0 Å². The van der Waals surface area contributed by atoms with Crippen LogP contribution in [0.25, 0.3) is 10.9 Å². The second-order valence-electron chi connectivity index (χ2n) is 2.73. The number of hydrogen-bond donors (Lipinski definition) is 1. The summed E-state index contributed by atoms with van der Waals surface area (Å²) in [4.78, 5) is 13.4. The molecule has 60 valence electrons. The number of carbonyl (C=O) groups is 1. The summed E-state index contributed by atoms with van der Waals surface area (Å²) in [6.07, 6.45) is 3.30. The molecule has 0 unspecified atom stereocenters. The molecule has 1 heterocycles. The number of para-hydroxylation sites is 1. The van der Waals surface area contributed by atoms with E-state index in [2.05, 4.69) is 4.98 Å². The number of nitrogens with one attached hydrogen (secondary N) is 1. The summed E-state index contributed by atoms with van der Waals surface area (Å²) in [5.74, 6) is 0. The lowest BCUT2D eigenvalue weighted by molar-refractivity contribution is -0.107. The monoisotopic (exact) mass is 159 g/mol. The second kappa shape index (κ2) is 2.81. The summed E-state index contributed by atoms with van der Waals surface area (Å²) in [5.41, 5.74) is 2.14. The van der Waals surface area contributed by atoms with Gasteiger partial charge in [0, 0.05) is 18.1 Å². The summed E-state index contributed by atoms with van der Waals surface area (Å²) in [6.45, 7) is 0. The van der Waals surface area contributed by atoms with Gasteiger partial charge in [0.1, 0.15) is 6.29 Å². The van der Waals surface area contributed by atoms with Gasteiger partial charge < -0.3 is 9.78 Å². The molecule has 0 aliphatic heterocycles. The van der Waals surface area contributed by atoms with E-state index in [-0.39, 0.29) is 0 Å². The van der Waals surface area contributed by atoms with Crippen molar-refractivity contribution < 1.29 is 4.79 Å². The number of rotatable bonds is 2. The van der Waals surface area contributed by atoms with E-state index in [0.717, 1.165) is 22.8 Å². The lowest BCUT2D eigenvalue weighted by Crippen LogP contribution is -1.86. The van der Waals surface area contributed by atoms with E-state index in [1.165, 1.54) is 0 Å². The fraction of sp³-hybridized carbons (Fsp3) is 0.100. The molecule has 2 rings (SSSR count). The van der Waals surface area contributed by atoms with Crippen molar-refractivity contribution in [2.75, 3.05) is 0 Å². The van der Waals surface area contributed by atoms with Crippen molar-refractivity contribution in [1.82, 2.24) is 4.98 Å². The summed E-state index contributed by atoms with van der Waals surface area (Å²) >= 11 is 0. The van der Waals surface area contributed by atoms with Crippen LogP contribution in [0.5, 0.6) is 0 Å². The summed E-state index contributed by atoms with van der Waals surface area (Å²) < 4.78 is 0. The summed E-state index contributed by atoms with van der Waals surface area (Å²) in [5, 5.41) is 1.16. The number of aromatic nitrogens is 1. The van der Waals surface area contributed by atoms with Gasteiger partial charge in [-0.15, -0.1) is 0 Å². The van der Waals surface area contributed by atoms with Gasteiger partial charge in [0.2, 0.25) is 0 Å². The molecule has 0 bridgehead atoms. The van der Waals surface area contributed by atoms with E-state index < -0.39 is 0 Å². The average Bonchev–Trinajstić information content (AvgIpc) is 2.53. The molecular weight excluding hydrogens is 150 g/mol. The first-order valence-corrected chi connectivity index (χ1v) is 3.90. The smallest absolute Gasteiger partial charge is 0.124 e. The highest BCUT2D eigenvalue weighted by Crippen LogP contribution is 2.16. The van der Waals surface area contributed by atoms with Crippen LogP contribution in [0.15, 0.2) is 30.5 Å². The van der Waals surface area contributed by atoms with Crippen molar-refractivity contribution in [3.05, 3.63) is 36.0 Å². The Morgan fingerprint density at radius 3 is 3.08 bits per heavy atom. The number of fused-ring (bicyclic) bond motifs is 1. The molecule has 0 radical (unpaired) electrons. The Morgan fingerprint density at radius 1 is 1.33 bits per heavy atom. The number of aromatic amines is 1. The van der Waals surface area contributed by atoms with Gasteiger partial charge in [-0.1, -0.05) is 18.2 Å². The van der Waals surface area contributed by atoms with Gasteiger partial charge in [0.15, 0.2) is 0 Å². The Labute approximate surface area is 70.2 Å². The predicted octanol–water partition coefficient (Wildman–Crippen LogP) is 1.91. The van der Waals surface area contributed by atoms with Crippen molar-refractivity contribution in [2.24, 2.45) is 0 Å². The summed E-state index contributed by atoms with van der Waals surface area (Å²) in [6, 6.07) is 7.96. The van der Waals surface area contributed by atoms with E-state index >= 15 is 0 Å². The molecule has 1 aromatic heterocycles. The Bertz CT molecular complexity index is 403. The largest absolute Gasteiger partial charge is 0.361 e. The van der Waals surface area contributed by atoms with Crippen molar-refractivity contribution >= 4 is 17.2 Å². The van der Waals surface area contributed by atoms with E-state index in [9.17, 15) is 4.79 Å². The standard InChI is InChI=1S/C10H9NO/c12-7-5-9-3-1-2-8-4-6-11-10(8)9/h1-4,6-7,11H,5H2. The van der Waals surface area contributed by atoms with Crippen molar-refractivity contribution in [2.45, 2.75) is 6.42 Å². The third kappa shape index (κ3) is 1.01. The zero-order valence-electron chi connectivity index (χ0n) is 6.58. The van der Waals surface area contributed by atoms with Gasteiger partial charge in [0.05, 0.1) is 0 Å². The number of benzene rings is 1. The molecule has 0 atom stereocenters. The third-order valence-corrected chi connectivity index (χ3v) is 1.98. The Kier molecular flexibility index (Phi) is 1.67. The number of hydrogen-bond acceptors (Lipinski definition) is 1. The van der Waals surface area contributed by atoms with Gasteiger partial charge >= 0.3 is 0 Å². The average molecular weight is 159 g/mol. The van der Waals surface area contributed by atoms with Crippen LogP contribution in [0.1, 0.15) is 5.56 Å². The van der Waals surface area contributed by atoms with Crippen LogP contribution < -0.4 is 0 Å². The van der Waals surface area contributed by atoms with Crippen LogP contribution in [-0.2, 0) is 11.2 Å². The fourth-order valence-corrected chi connectivity index (χ4v) is 1.41. The minimum Gasteiger partial charge on any atom is -0.361 e. The molecule has 0 aliphatic carbocycles. The Morgan fingerprint density at radius 2 is 2.25 bits per heavy atom. The molecule has 0 saturated heterocycles. The summed E-state index contributed by atoms with van der Waals surface area (Å²) in [7, 11) is 0. The zero-order valence-corrected chi connectivity index (χ0v) is 6.58. The lowest BCUT2D eigenvalue weighted by atomic mass is 10.1. The van der Waals surface area contributed by atoms with Gasteiger partial charge in [-0.2, -0.15) is 0 Å². The zero-order chi connectivity index (χ0) is 8.39. The Hall–Kier alpha value is -1.57. The highest BCUT2D eigenvalue weighted by atomic mass is 16.1. The second-order valence-corrected chi connectivity index (χ2v) is 2.73. The van der Waals surface area contributed by atoms with Crippen LogP contribution in [0.2, 0.25) is 0 Å². The number of carbonyl (C=O) groups excluding carboxylic acids is 1.